The van der Waals surface area contributed by atoms with Crippen LogP contribution >= 0.6 is 27.3 Å². The highest BCUT2D eigenvalue weighted by Crippen LogP contribution is 2.28. The summed E-state index contributed by atoms with van der Waals surface area (Å²) in [5.74, 6) is 0.778. The molecule has 0 bridgehead atoms. The van der Waals surface area contributed by atoms with Gasteiger partial charge in [-0.2, -0.15) is 0 Å². The fraction of sp³-hybridized carbons (Fsp3) is 0.273. The molecule has 1 amide bonds. The van der Waals surface area contributed by atoms with Crippen molar-refractivity contribution in [2.24, 2.45) is 0 Å². The zero-order valence-electron chi connectivity index (χ0n) is 16.0. The van der Waals surface area contributed by atoms with E-state index in [0.717, 1.165) is 26.4 Å². The van der Waals surface area contributed by atoms with Crippen molar-refractivity contribution in [2.45, 2.75) is 13.0 Å². The average Bonchev–Trinajstić information content (AvgIpc) is 3.25. The van der Waals surface area contributed by atoms with Gasteiger partial charge in [-0.3, -0.25) is 4.79 Å². The lowest BCUT2D eigenvalue weighted by molar-refractivity contribution is -0.0229. The van der Waals surface area contributed by atoms with Gasteiger partial charge in [-0.05, 0) is 48.9 Å². The standard InChI is InChI=1S/C22H21BrN2O3S/c1-2-27-18-9-5-16(6-10-18)21-24-19(14-29-21)22(26)25-11-12-28-20(13-25)15-3-7-17(23)8-4-15/h3-10,14,20H,2,11-13H2,1H3. The SMILES string of the molecule is CCOc1ccc(-c2nc(C(=O)N3CCOC(c4ccc(Br)cc4)C3)cs2)cc1. The quantitative estimate of drug-likeness (QED) is 0.512. The smallest absolute Gasteiger partial charge is 0.273 e. The molecule has 1 saturated heterocycles. The van der Waals surface area contributed by atoms with Gasteiger partial charge in [0.25, 0.3) is 5.91 Å². The van der Waals surface area contributed by atoms with Crippen LogP contribution in [0.5, 0.6) is 5.75 Å². The molecule has 3 aromatic rings. The van der Waals surface area contributed by atoms with Crippen molar-refractivity contribution in [1.29, 1.82) is 0 Å². The Kier molecular flexibility index (Phi) is 6.28. The summed E-state index contributed by atoms with van der Waals surface area (Å²) in [6, 6.07) is 15.8. The van der Waals surface area contributed by atoms with E-state index in [9.17, 15) is 4.79 Å². The maximum absolute atomic E-state index is 13.0. The Morgan fingerprint density at radius 1 is 1.24 bits per heavy atom. The molecule has 5 nitrogen and oxygen atoms in total. The highest BCUT2D eigenvalue weighted by Gasteiger charge is 2.27. The minimum absolute atomic E-state index is 0.0520. The number of rotatable bonds is 5. The van der Waals surface area contributed by atoms with Crippen LogP contribution < -0.4 is 4.74 Å². The van der Waals surface area contributed by atoms with E-state index in [1.54, 1.807) is 0 Å². The van der Waals surface area contributed by atoms with Gasteiger partial charge < -0.3 is 14.4 Å². The van der Waals surface area contributed by atoms with Crippen LogP contribution in [0.4, 0.5) is 0 Å². The fourth-order valence-electron chi connectivity index (χ4n) is 3.24. The van der Waals surface area contributed by atoms with Gasteiger partial charge in [-0.25, -0.2) is 4.98 Å². The Morgan fingerprint density at radius 2 is 2.00 bits per heavy atom. The normalized spacial score (nSPS) is 16.6. The predicted octanol–water partition coefficient (Wildman–Crippen LogP) is 5.19. The Labute approximate surface area is 182 Å². The summed E-state index contributed by atoms with van der Waals surface area (Å²) in [5, 5.41) is 2.66. The summed E-state index contributed by atoms with van der Waals surface area (Å²) in [4.78, 5) is 19.4. The Hall–Kier alpha value is -2.22. The number of halogens is 1. The molecule has 0 radical (unpaired) electrons. The highest BCUT2D eigenvalue weighted by atomic mass is 79.9. The zero-order valence-corrected chi connectivity index (χ0v) is 18.4. The van der Waals surface area contributed by atoms with E-state index in [-0.39, 0.29) is 12.0 Å². The van der Waals surface area contributed by atoms with Crippen molar-refractivity contribution in [3.05, 3.63) is 69.6 Å². The summed E-state index contributed by atoms with van der Waals surface area (Å²) in [5.41, 5.74) is 2.53. The minimum atomic E-state index is -0.120. The van der Waals surface area contributed by atoms with Crippen LogP contribution in [0.15, 0.2) is 58.4 Å². The summed E-state index contributed by atoms with van der Waals surface area (Å²) >= 11 is 4.93. The lowest BCUT2D eigenvalue weighted by Gasteiger charge is -2.32. The van der Waals surface area contributed by atoms with Crippen LogP contribution in [0.2, 0.25) is 0 Å². The molecule has 1 atom stereocenters. The summed E-state index contributed by atoms with van der Waals surface area (Å²) in [6.45, 7) is 4.20. The molecule has 2 aromatic carbocycles. The largest absolute Gasteiger partial charge is 0.494 e. The molecular formula is C22H21BrN2O3S. The van der Waals surface area contributed by atoms with Crippen LogP contribution in [0.1, 0.15) is 29.1 Å². The van der Waals surface area contributed by atoms with E-state index in [1.165, 1.54) is 11.3 Å². The molecule has 0 N–H and O–H groups in total. The van der Waals surface area contributed by atoms with Crippen LogP contribution in [0.25, 0.3) is 10.6 Å². The van der Waals surface area contributed by atoms with Crippen molar-refractivity contribution in [3.63, 3.8) is 0 Å². The van der Waals surface area contributed by atoms with Gasteiger partial charge in [-0.15, -0.1) is 11.3 Å². The molecule has 0 aliphatic carbocycles. The van der Waals surface area contributed by atoms with E-state index in [0.29, 0.717) is 32.0 Å². The molecule has 4 rings (SSSR count). The Balaban J connectivity index is 1.46. The summed E-state index contributed by atoms with van der Waals surface area (Å²) in [6.07, 6.45) is -0.120. The number of thiazole rings is 1. The molecular weight excluding hydrogens is 452 g/mol. The van der Waals surface area contributed by atoms with E-state index in [4.69, 9.17) is 9.47 Å². The first-order valence-electron chi connectivity index (χ1n) is 9.49. The van der Waals surface area contributed by atoms with Gasteiger partial charge in [-0.1, -0.05) is 28.1 Å². The number of amides is 1. The van der Waals surface area contributed by atoms with Gasteiger partial charge in [0.1, 0.15) is 22.6 Å². The third-order valence-corrected chi connectivity index (χ3v) is 6.15. The van der Waals surface area contributed by atoms with Crippen molar-refractivity contribution in [2.75, 3.05) is 26.3 Å². The van der Waals surface area contributed by atoms with Crippen molar-refractivity contribution in [3.8, 4) is 16.3 Å². The van der Waals surface area contributed by atoms with Crippen LogP contribution in [-0.4, -0.2) is 42.1 Å². The first-order chi connectivity index (χ1) is 14.1. The maximum atomic E-state index is 13.0. The molecule has 1 aliphatic rings. The Morgan fingerprint density at radius 3 is 2.72 bits per heavy atom. The molecule has 7 heteroatoms. The van der Waals surface area contributed by atoms with Crippen LogP contribution in [-0.2, 0) is 4.74 Å². The minimum Gasteiger partial charge on any atom is -0.494 e. The lowest BCUT2D eigenvalue weighted by atomic mass is 10.1. The number of ether oxygens (including phenoxy) is 2. The highest BCUT2D eigenvalue weighted by molar-refractivity contribution is 9.10. The Bertz CT molecular complexity index is 972. The van der Waals surface area contributed by atoms with Crippen LogP contribution in [0, 0.1) is 0 Å². The predicted molar refractivity (Wildman–Crippen MR) is 117 cm³/mol. The molecule has 1 aromatic heterocycles. The average molecular weight is 473 g/mol. The molecule has 1 aliphatic heterocycles. The van der Waals surface area contributed by atoms with Crippen molar-refractivity contribution < 1.29 is 14.3 Å². The number of nitrogens with zero attached hydrogens (tertiary/aromatic N) is 2. The number of benzene rings is 2. The van der Waals surface area contributed by atoms with E-state index in [1.807, 2.05) is 65.7 Å². The van der Waals surface area contributed by atoms with Gasteiger partial charge in [0.2, 0.25) is 0 Å². The number of aromatic nitrogens is 1. The fourth-order valence-corrected chi connectivity index (χ4v) is 4.30. The number of carbonyl (C=O) groups is 1. The van der Waals surface area contributed by atoms with Crippen molar-refractivity contribution in [1.82, 2.24) is 9.88 Å². The third kappa shape index (κ3) is 4.69. The molecule has 0 saturated carbocycles. The monoisotopic (exact) mass is 472 g/mol. The van der Waals surface area contributed by atoms with E-state index < -0.39 is 0 Å². The molecule has 150 valence electrons. The van der Waals surface area contributed by atoms with E-state index >= 15 is 0 Å². The molecule has 1 unspecified atom stereocenters. The van der Waals surface area contributed by atoms with Crippen molar-refractivity contribution >= 4 is 33.2 Å². The first kappa shape index (κ1) is 20.1. The van der Waals surface area contributed by atoms with Gasteiger partial charge in [0.05, 0.1) is 19.8 Å². The van der Waals surface area contributed by atoms with Gasteiger partial charge >= 0.3 is 0 Å². The second-order valence-electron chi connectivity index (χ2n) is 6.66. The molecule has 2 heterocycles. The number of carbonyl (C=O) groups excluding carboxylic acids is 1. The van der Waals surface area contributed by atoms with Gasteiger partial charge in [0.15, 0.2) is 0 Å². The molecule has 0 spiro atoms. The zero-order chi connectivity index (χ0) is 20.2. The summed E-state index contributed by atoms with van der Waals surface area (Å²) in [7, 11) is 0. The van der Waals surface area contributed by atoms with E-state index in [2.05, 4.69) is 20.9 Å². The molecule has 1 fully saturated rings. The second-order valence-corrected chi connectivity index (χ2v) is 8.43. The van der Waals surface area contributed by atoms with Gasteiger partial charge in [0, 0.05) is 22.0 Å². The number of hydrogen-bond donors (Lipinski definition) is 0. The molecule has 29 heavy (non-hydrogen) atoms. The third-order valence-electron chi connectivity index (χ3n) is 4.73. The number of morpholine rings is 1. The lowest BCUT2D eigenvalue weighted by Crippen LogP contribution is -2.42. The number of hydrogen-bond acceptors (Lipinski definition) is 5. The first-order valence-corrected chi connectivity index (χ1v) is 11.2. The second kappa shape index (κ2) is 9.07. The topological polar surface area (TPSA) is 51.7 Å². The van der Waals surface area contributed by atoms with Crippen LogP contribution in [0.3, 0.4) is 0 Å². The summed E-state index contributed by atoms with van der Waals surface area (Å²) < 4.78 is 12.4. The maximum Gasteiger partial charge on any atom is 0.273 e.